The average molecular weight is 431 g/mol. The molecule has 0 aromatic heterocycles. The van der Waals surface area contributed by atoms with Gasteiger partial charge in [-0.1, -0.05) is 6.92 Å². The van der Waals surface area contributed by atoms with Crippen molar-refractivity contribution in [2.45, 2.75) is 39.0 Å². The molecular formula is C24H38N4O3. The van der Waals surface area contributed by atoms with E-state index in [1.54, 1.807) is 0 Å². The first-order valence-corrected chi connectivity index (χ1v) is 12.0. The molecule has 0 amide bonds. The van der Waals surface area contributed by atoms with E-state index >= 15 is 0 Å². The maximum Gasteiger partial charge on any atom is 0.195 e. The van der Waals surface area contributed by atoms with E-state index in [-0.39, 0.29) is 0 Å². The Labute approximate surface area is 186 Å². The molecule has 1 unspecified atom stereocenters. The molecule has 2 heterocycles. The summed E-state index contributed by atoms with van der Waals surface area (Å²) in [6.07, 6.45) is 5.78. The van der Waals surface area contributed by atoms with E-state index in [0.29, 0.717) is 19.1 Å². The van der Waals surface area contributed by atoms with E-state index in [9.17, 15) is 0 Å². The summed E-state index contributed by atoms with van der Waals surface area (Å²) >= 11 is 0. The molecule has 4 rings (SSSR count). The number of fused-ring (bicyclic) bond motifs is 1. The van der Waals surface area contributed by atoms with Gasteiger partial charge in [-0.3, -0.25) is 4.99 Å². The van der Waals surface area contributed by atoms with Crippen LogP contribution in [0.3, 0.4) is 0 Å². The lowest BCUT2D eigenvalue weighted by molar-refractivity contribution is 0.123. The molecule has 2 fully saturated rings. The van der Waals surface area contributed by atoms with Crippen molar-refractivity contribution < 1.29 is 14.2 Å². The Morgan fingerprint density at radius 1 is 1.16 bits per heavy atom. The first-order valence-electron chi connectivity index (χ1n) is 12.0. The molecular weight excluding hydrogens is 392 g/mol. The fourth-order valence-corrected chi connectivity index (χ4v) is 4.00. The number of hydrogen-bond acceptors (Lipinski definition) is 5. The number of rotatable bonds is 10. The van der Waals surface area contributed by atoms with Crippen molar-refractivity contribution in [2.75, 3.05) is 64.5 Å². The minimum absolute atomic E-state index is 0.629. The third-order valence-electron chi connectivity index (χ3n) is 6.14. The Hall–Kier alpha value is -1.99. The average Bonchev–Trinajstić information content (AvgIpc) is 3.55. The van der Waals surface area contributed by atoms with Crippen molar-refractivity contribution in [3.63, 3.8) is 0 Å². The van der Waals surface area contributed by atoms with Gasteiger partial charge in [-0.25, -0.2) is 0 Å². The van der Waals surface area contributed by atoms with E-state index in [1.165, 1.54) is 25.8 Å². The van der Waals surface area contributed by atoms with E-state index in [2.05, 4.69) is 22.5 Å². The molecule has 7 nitrogen and oxygen atoms in total. The van der Waals surface area contributed by atoms with E-state index in [4.69, 9.17) is 19.2 Å². The van der Waals surface area contributed by atoms with Gasteiger partial charge in [-0.2, -0.15) is 0 Å². The van der Waals surface area contributed by atoms with Crippen LogP contribution >= 0.6 is 0 Å². The van der Waals surface area contributed by atoms with Crippen LogP contribution in [0.2, 0.25) is 0 Å². The number of benzene rings is 1. The Kier molecular flexibility index (Phi) is 8.30. The molecule has 1 aliphatic carbocycles. The second kappa shape index (κ2) is 11.6. The topological polar surface area (TPSA) is 67.4 Å². The van der Waals surface area contributed by atoms with Crippen molar-refractivity contribution in [1.29, 1.82) is 0 Å². The van der Waals surface area contributed by atoms with Crippen molar-refractivity contribution in [2.24, 2.45) is 16.8 Å². The molecule has 31 heavy (non-hydrogen) atoms. The molecule has 1 saturated heterocycles. The zero-order valence-electron chi connectivity index (χ0n) is 18.9. The van der Waals surface area contributed by atoms with Gasteiger partial charge in [0.25, 0.3) is 0 Å². The summed E-state index contributed by atoms with van der Waals surface area (Å²) in [6.45, 7) is 10.5. The first kappa shape index (κ1) is 22.2. The summed E-state index contributed by atoms with van der Waals surface area (Å²) in [6, 6.07) is 6.01. The molecule has 1 aromatic carbocycles. The zero-order valence-corrected chi connectivity index (χ0v) is 18.9. The Morgan fingerprint density at radius 3 is 2.84 bits per heavy atom. The smallest absolute Gasteiger partial charge is 0.195 e. The summed E-state index contributed by atoms with van der Waals surface area (Å²) in [5.41, 5.74) is 0.960. The molecule has 1 aromatic rings. The highest BCUT2D eigenvalue weighted by atomic mass is 16.5. The molecule has 0 radical (unpaired) electrons. The van der Waals surface area contributed by atoms with Crippen molar-refractivity contribution in [3.8, 4) is 11.5 Å². The van der Waals surface area contributed by atoms with E-state index < -0.39 is 0 Å². The number of aliphatic imine (C=N–C) groups is 1. The molecule has 1 atom stereocenters. The first-order chi connectivity index (χ1) is 15.3. The third kappa shape index (κ3) is 7.28. The molecule has 0 spiro atoms. The third-order valence-corrected chi connectivity index (χ3v) is 6.14. The maximum absolute atomic E-state index is 5.84. The zero-order chi connectivity index (χ0) is 21.3. The molecule has 2 aliphatic heterocycles. The molecule has 3 aliphatic rings. The number of anilines is 1. The van der Waals surface area contributed by atoms with Gasteiger partial charge in [-0.05, 0) is 62.7 Å². The summed E-state index contributed by atoms with van der Waals surface area (Å²) in [5.74, 6) is 3.88. The largest absolute Gasteiger partial charge is 0.490 e. The minimum atomic E-state index is 0.629. The van der Waals surface area contributed by atoms with Crippen LogP contribution in [0.15, 0.2) is 23.2 Å². The highest BCUT2D eigenvalue weighted by molar-refractivity contribution is 5.94. The lowest BCUT2D eigenvalue weighted by Gasteiger charge is -2.16. The summed E-state index contributed by atoms with van der Waals surface area (Å²) < 4.78 is 17.3. The van der Waals surface area contributed by atoms with Crippen LogP contribution in [-0.4, -0.2) is 70.0 Å². The van der Waals surface area contributed by atoms with E-state index in [1.807, 2.05) is 18.2 Å². The predicted octanol–water partition coefficient (Wildman–Crippen LogP) is 3.36. The van der Waals surface area contributed by atoms with Crippen LogP contribution in [0.4, 0.5) is 5.69 Å². The maximum atomic E-state index is 5.84. The normalized spacial score (nSPS) is 21.7. The van der Waals surface area contributed by atoms with Gasteiger partial charge in [0.05, 0.1) is 13.2 Å². The quantitative estimate of drug-likeness (QED) is 0.337. The fraction of sp³-hybridized carbons (Fsp3) is 0.708. The number of nitrogens with zero attached hydrogens (tertiary/aromatic N) is 2. The summed E-state index contributed by atoms with van der Waals surface area (Å²) in [7, 11) is 0. The summed E-state index contributed by atoms with van der Waals surface area (Å²) in [4.78, 5) is 7.41. The van der Waals surface area contributed by atoms with Crippen LogP contribution < -0.4 is 20.1 Å². The van der Waals surface area contributed by atoms with Crippen LogP contribution in [0, 0.1) is 11.8 Å². The number of ether oxygens (including phenoxy) is 3. The lowest BCUT2D eigenvalue weighted by Crippen LogP contribution is -2.33. The SMILES string of the molecule is CCN1CCC(CN=C(NCCCOCC2CC2)Nc2ccc3c(c2)OCCCO3)C1. The predicted molar refractivity (Wildman–Crippen MR) is 124 cm³/mol. The second-order valence-corrected chi connectivity index (χ2v) is 8.87. The molecule has 7 heteroatoms. The number of likely N-dealkylation sites (tertiary alicyclic amines) is 1. The molecule has 172 valence electrons. The highest BCUT2D eigenvalue weighted by Gasteiger charge is 2.21. The van der Waals surface area contributed by atoms with Gasteiger partial charge < -0.3 is 29.7 Å². The summed E-state index contributed by atoms with van der Waals surface area (Å²) in [5, 5.41) is 6.95. The fourth-order valence-electron chi connectivity index (χ4n) is 4.00. The Balaban J connectivity index is 1.31. The van der Waals surface area contributed by atoms with Gasteiger partial charge in [0.15, 0.2) is 17.5 Å². The number of nitrogens with one attached hydrogen (secondary N) is 2. The molecule has 0 bridgehead atoms. The van der Waals surface area contributed by atoms with Crippen molar-refractivity contribution in [1.82, 2.24) is 10.2 Å². The van der Waals surface area contributed by atoms with Gasteiger partial charge in [0, 0.05) is 51.0 Å². The van der Waals surface area contributed by atoms with Crippen LogP contribution in [0.5, 0.6) is 11.5 Å². The van der Waals surface area contributed by atoms with Crippen LogP contribution in [0.1, 0.15) is 39.0 Å². The van der Waals surface area contributed by atoms with Gasteiger partial charge in [0.1, 0.15) is 0 Å². The standard InChI is InChI=1S/C24H38N4O3/c1-2-28-11-9-20(17-28)16-26-24(25-10-3-12-29-18-19-5-6-19)27-21-7-8-22-23(15-21)31-14-4-13-30-22/h7-8,15,19-20H,2-6,9-14,16-18H2,1H3,(H2,25,26,27). The van der Waals surface area contributed by atoms with Crippen LogP contribution in [-0.2, 0) is 4.74 Å². The van der Waals surface area contributed by atoms with Gasteiger partial charge >= 0.3 is 0 Å². The Morgan fingerprint density at radius 2 is 2.03 bits per heavy atom. The second-order valence-electron chi connectivity index (χ2n) is 8.87. The van der Waals surface area contributed by atoms with Gasteiger partial charge in [-0.15, -0.1) is 0 Å². The lowest BCUT2D eigenvalue weighted by atomic mass is 10.1. The number of hydrogen-bond donors (Lipinski definition) is 2. The van der Waals surface area contributed by atoms with Crippen molar-refractivity contribution in [3.05, 3.63) is 18.2 Å². The van der Waals surface area contributed by atoms with Crippen molar-refractivity contribution >= 4 is 11.6 Å². The van der Waals surface area contributed by atoms with Gasteiger partial charge in [0.2, 0.25) is 0 Å². The monoisotopic (exact) mass is 430 g/mol. The number of guanidine groups is 1. The molecule has 2 N–H and O–H groups in total. The highest BCUT2D eigenvalue weighted by Crippen LogP contribution is 2.32. The Bertz CT molecular complexity index is 723. The minimum Gasteiger partial charge on any atom is -0.490 e. The van der Waals surface area contributed by atoms with E-state index in [0.717, 1.165) is 81.3 Å². The van der Waals surface area contributed by atoms with Crippen LogP contribution in [0.25, 0.3) is 0 Å². The molecule has 1 saturated carbocycles.